The van der Waals surface area contributed by atoms with Crippen LogP contribution < -0.4 is 4.90 Å². The van der Waals surface area contributed by atoms with Gasteiger partial charge in [0, 0.05) is 36.6 Å². The first-order valence-electron chi connectivity index (χ1n) is 9.99. The lowest BCUT2D eigenvalue weighted by Crippen LogP contribution is -2.20. The fourth-order valence-electron chi connectivity index (χ4n) is 3.39. The van der Waals surface area contributed by atoms with Gasteiger partial charge in [-0.25, -0.2) is 4.98 Å². The number of carboxylic acid groups (broad SMARTS) is 1. The van der Waals surface area contributed by atoms with Gasteiger partial charge in [-0.2, -0.15) is 13.2 Å². The molecule has 2 aromatic carbocycles. The Morgan fingerprint density at radius 1 is 1.18 bits per heavy atom. The number of benzene rings is 2. The monoisotopic (exact) mass is 474 g/mol. The van der Waals surface area contributed by atoms with Gasteiger partial charge in [-0.15, -0.1) is 0 Å². The topological polar surface area (TPSA) is 122 Å². The van der Waals surface area contributed by atoms with Crippen molar-refractivity contribution in [1.82, 2.24) is 15.0 Å². The molecule has 34 heavy (non-hydrogen) atoms. The normalized spacial score (nSPS) is 11.1. The summed E-state index contributed by atoms with van der Waals surface area (Å²) in [7, 11) is 1.86. The predicted octanol–water partition coefficient (Wildman–Crippen LogP) is 3.94. The number of anilines is 1. The zero-order valence-corrected chi connectivity index (χ0v) is 17.9. The molecule has 0 saturated heterocycles. The molecule has 0 radical (unpaired) electrons. The highest BCUT2D eigenvalue weighted by Gasteiger charge is 2.35. The lowest BCUT2D eigenvalue weighted by atomic mass is 9.99. The first-order chi connectivity index (χ1) is 16.2. The van der Waals surface area contributed by atoms with Crippen LogP contribution in [0.3, 0.4) is 0 Å². The molecule has 4 aromatic rings. The summed E-state index contributed by atoms with van der Waals surface area (Å²) in [5, 5.41) is 16.0. The first-order valence-corrected chi connectivity index (χ1v) is 9.99. The van der Waals surface area contributed by atoms with Crippen molar-refractivity contribution < 1.29 is 33.0 Å². The average Bonchev–Trinajstić information content (AvgIpc) is 3.45. The Balaban J connectivity index is 0.00000103. The number of nitrogens with one attached hydrogen (secondary N) is 2. The van der Waals surface area contributed by atoms with E-state index in [-0.39, 0.29) is 18.6 Å². The van der Waals surface area contributed by atoms with E-state index in [1.165, 1.54) is 30.5 Å². The number of aliphatic hydroxyl groups is 1. The van der Waals surface area contributed by atoms with Crippen molar-refractivity contribution in [1.29, 1.82) is 0 Å². The molecule has 4 N–H and O–H groups in total. The summed E-state index contributed by atoms with van der Waals surface area (Å²) in [6.45, 7) is 0.257. The van der Waals surface area contributed by atoms with E-state index in [2.05, 4.69) is 15.0 Å². The van der Waals surface area contributed by atoms with Gasteiger partial charge in [0.1, 0.15) is 0 Å². The van der Waals surface area contributed by atoms with Gasteiger partial charge in [0.2, 0.25) is 0 Å². The summed E-state index contributed by atoms with van der Waals surface area (Å²) in [4.78, 5) is 33.5. The molecule has 0 saturated carbocycles. The van der Waals surface area contributed by atoms with Gasteiger partial charge in [-0.3, -0.25) is 9.59 Å². The van der Waals surface area contributed by atoms with Crippen LogP contribution >= 0.6 is 0 Å². The van der Waals surface area contributed by atoms with Gasteiger partial charge in [0.05, 0.1) is 28.9 Å². The Morgan fingerprint density at radius 2 is 1.88 bits per heavy atom. The highest BCUT2D eigenvalue weighted by molar-refractivity contribution is 6.10. The lowest BCUT2D eigenvalue weighted by molar-refractivity contribution is -0.137. The third-order valence-corrected chi connectivity index (χ3v) is 5.02. The first kappa shape index (κ1) is 24.5. The number of aromatic nitrogens is 3. The molecule has 0 spiro atoms. The maximum Gasteiger partial charge on any atom is 0.417 e. The van der Waals surface area contributed by atoms with E-state index in [1.54, 1.807) is 0 Å². The molecule has 0 aliphatic rings. The average molecular weight is 474 g/mol. The van der Waals surface area contributed by atoms with E-state index in [9.17, 15) is 18.0 Å². The second-order valence-corrected chi connectivity index (χ2v) is 7.21. The molecule has 0 fully saturated rings. The third-order valence-electron chi connectivity index (χ3n) is 5.02. The highest BCUT2D eigenvalue weighted by Crippen LogP contribution is 2.33. The van der Waals surface area contributed by atoms with Gasteiger partial charge in [-0.1, -0.05) is 18.2 Å². The van der Waals surface area contributed by atoms with Crippen molar-refractivity contribution >= 4 is 29.0 Å². The van der Waals surface area contributed by atoms with Gasteiger partial charge < -0.3 is 25.1 Å². The number of halogens is 3. The number of imidazole rings is 1. The van der Waals surface area contributed by atoms with E-state index in [0.29, 0.717) is 23.6 Å². The predicted molar refractivity (Wildman–Crippen MR) is 120 cm³/mol. The fourth-order valence-corrected chi connectivity index (χ4v) is 3.39. The number of alkyl halides is 3. The van der Waals surface area contributed by atoms with Crippen LogP contribution in [0.1, 0.15) is 21.5 Å². The molecule has 2 aromatic heterocycles. The van der Waals surface area contributed by atoms with Crippen molar-refractivity contribution in [3.05, 3.63) is 71.4 Å². The number of likely N-dealkylation sites (N-methyl/N-ethyl adjacent to an activating group) is 1. The van der Waals surface area contributed by atoms with Crippen molar-refractivity contribution in [3.8, 4) is 11.5 Å². The number of aliphatic hydroxyl groups excluding tert-OH is 1. The van der Waals surface area contributed by atoms with Crippen LogP contribution in [0.15, 0.2) is 54.7 Å². The maximum atomic E-state index is 13.3. The molecule has 2 heterocycles. The van der Waals surface area contributed by atoms with Crippen molar-refractivity contribution in [2.75, 3.05) is 25.1 Å². The van der Waals surface area contributed by atoms with Crippen molar-refractivity contribution in [2.24, 2.45) is 0 Å². The summed E-state index contributed by atoms with van der Waals surface area (Å²) in [5.41, 5.74) is 1.56. The van der Waals surface area contributed by atoms with E-state index in [0.717, 1.165) is 17.3 Å². The van der Waals surface area contributed by atoms with Crippen LogP contribution in [0.5, 0.6) is 0 Å². The highest BCUT2D eigenvalue weighted by atomic mass is 19.4. The Kier molecular flexibility index (Phi) is 7.37. The van der Waals surface area contributed by atoms with E-state index in [4.69, 9.17) is 15.0 Å². The van der Waals surface area contributed by atoms with Crippen LogP contribution in [0.4, 0.5) is 18.9 Å². The maximum absolute atomic E-state index is 13.3. The minimum atomic E-state index is -4.62. The number of carbonyl (C=O) groups excluding carboxylic acids is 1. The van der Waals surface area contributed by atoms with Crippen LogP contribution in [0.25, 0.3) is 22.6 Å². The molecule has 0 atom stereocenters. The summed E-state index contributed by atoms with van der Waals surface area (Å²) in [5.74, 6) is -0.264. The molecule has 178 valence electrons. The third kappa shape index (κ3) is 5.26. The molecule has 8 nitrogen and oxygen atoms in total. The van der Waals surface area contributed by atoms with Crippen LogP contribution in [-0.2, 0) is 11.0 Å². The summed E-state index contributed by atoms with van der Waals surface area (Å²) in [6, 6.07) is 11.8. The largest absolute Gasteiger partial charge is 0.483 e. The second-order valence-electron chi connectivity index (χ2n) is 7.21. The quantitative estimate of drug-likeness (QED) is 0.248. The van der Waals surface area contributed by atoms with E-state index < -0.39 is 23.1 Å². The number of aromatic amines is 2. The zero-order valence-electron chi connectivity index (χ0n) is 17.9. The Morgan fingerprint density at radius 3 is 2.56 bits per heavy atom. The molecule has 11 heteroatoms. The van der Waals surface area contributed by atoms with E-state index >= 15 is 0 Å². The molecule has 0 bridgehead atoms. The fraction of sp³-hybridized carbons (Fsp3) is 0.174. The van der Waals surface area contributed by atoms with Gasteiger partial charge >= 0.3 is 6.18 Å². The summed E-state index contributed by atoms with van der Waals surface area (Å²) < 4.78 is 39.8. The zero-order chi connectivity index (χ0) is 24.9. The van der Waals surface area contributed by atoms with E-state index in [1.807, 2.05) is 30.1 Å². The molecule has 0 aliphatic carbocycles. The number of nitrogens with zero attached hydrogens (tertiary/aromatic N) is 2. The van der Waals surface area contributed by atoms with Crippen LogP contribution in [0, 0.1) is 0 Å². The van der Waals surface area contributed by atoms with Gasteiger partial charge in [-0.05, 0) is 30.3 Å². The molecule has 0 unspecified atom stereocenters. The number of H-pyrrole nitrogens is 2. The number of fused-ring (bicyclic) bond motifs is 1. The minimum absolute atomic E-state index is 0.0273. The van der Waals surface area contributed by atoms with Crippen LogP contribution in [-0.4, -0.2) is 57.6 Å². The van der Waals surface area contributed by atoms with Gasteiger partial charge in [0.25, 0.3) is 6.47 Å². The molecular formula is C23H21F3N4O4. The number of rotatable bonds is 6. The molecule has 4 rings (SSSR count). The Labute approximate surface area is 191 Å². The number of carbonyl (C=O) groups is 2. The smallest absolute Gasteiger partial charge is 0.417 e. The van der Waals surface area contributed by atoms with Crippen LogP contribution in [0.2, 0.25) is 0 Å². The second kappa shape index (κ2) is 10.2. The lowest BCUT2D eigenvalue weighted by Gasteiger charge is -2.17. The number of ketones is 1. The molecule has 0 amide bonds. The Bertz CT molecular complexity index is 1300. The van der Waals surface area contributed by atoms with Gasteiger partial charge in [0.15, 0.2) is 11.6 Å². The minimum Gasteiger partial charge on any atom is -0.483 e. The summed E-state index contributed by atoms with van der Waals surface area (Å²) in [6.07, 6.45) is -3.25. The standard InChI is InChI=1S/C22H19F3N4O2.CH2O2/c1-29(8-9-30)14-6-7-17-18(11-14)28-21(27-17)19-10-13(12-26-19)20(31)15-4-2-3-5-16(15)22(23,24)25;2-1-3/h2-7,10-12,26,30H,8-9H2,1H3,(H,27,28);1H,(H,2,3). The van der Waals surface area contributed by atoms with Crippen molar-refractivity contribution in [2.45, 2.75) is 6.18 Å². The van der Waals surface area contributed by atoms with Crippen molar-refractivity contribution in [3.63, 3.8) is 0 Å². The summed E-state index contributed by atoms with van der Waals surface area (Å²) >= 11 is 0. The molecule has 0 aliphatic heterocycles. The Hall–Kier alpha value is -4.12. The number of hydrogen-bond donors (Lipinski definition) is 4. The molecular weight excluding hydrogens is 453 g/mol. The SMILES string of the molecule is CN(CCO)c1ccc2nc(-c3cc(C(=O)c4ccccc4C(F)(F)F)c[nH]3)[nH]c2c1.O=CO. The number of hydrogen-bond acceptors (Lipinski definition) is 5.